The summed E-state index contributed by atoms with van der Waals surface area (Å²) >= 11 is 0. The molecule has 0 amide bonds. The van der Waals surface area contributed by atoms with Gasteiger partial charge in [0, 0.05) is 5.56 Å². The molecule has 29 heavy (non-hydrogen) atoms. The second-order valence-corrected chi connectivity index (χ2v) is 9.36. The Labute approximate surface area is 189 Å². The highest BCUT2D eigenvalue weighted by Gasteiger charge is 2.15. The zero-order valence-electron chi connectivity index (χ0n) is 19.7. The number of nitrogens with zero attached hydrogens (tertiary/aromatic N) is 1. The van der Waals surface area contributed by atoms with Crippen LogP contribution in [0.3, 0.4) is 0 Å². The molecule has 0 heterocycles. The van der Waals surface area contributed by atoms with Crippen molar-refractivity contribution in [2.75, 3.05) is 20.6 Å². The first-order valence-corrected chi connectivity index (χ1v) is 12.1. The van der Waals surface area contributed by atoms with Crippen LogP contribution in [0.4, 0.5) is 0 Å². The fourth-order valence-corrected chi connectivity index (χ4v) is 4.07. The van der Waals surface area contributed by atoms with Gasteiger partial charge in [-0.05, 0) is 18.4 Å². The minimum atomic E-state index is 0. The molecule has 0 atom stereocenters. The van der Waals surface area contributed by atoms with Gasteiger partial charge in [-0.15, -0.1) is 0 Å². The highest BCUT2D eigenvalue weighted by atomic mass is 35.5. The van der Waals surface area contributed by atoms with Crippen molar-refractivity contribution in [3.8, 4) is 0 Å². The molecule has 0 saturated carbocycles. The average Bonchev–Trinajstić information content (AvgIpc) is 2.68. The molecule has 0 unspecified atom stereocenters. The van der Waals surface area contributed by atoms with Gasteiger partial charge in [-0.25, -0.2) is 0 Å². The zero-order chi connectivity index (χ0) is 20.5. The molecule has 0 N–H and O–H groups in total. The summed E-state index contributed by atoms with van der Waals surface area (Å²) in [7, 11) is 4.73. The van der Waals surface area contributed by atoms with Crippen molar-refractivity contribution in [2.45, 2.75) is 103 Å². The Morgan fingerprint density at radius 3 is 1.52 bits per heavy atom. The summed E-state index contributed by atoms with van der Waals surface area (Å²) < 4.78 is 1.09. The van der Waals surface area contributed by atoms with E-state index < -0.39 is 0 Å². The van der Waals surface area contributed by atoms with E-state index in [1.807, 2.05) is 6.08 Å². The lowest BCUT2D eigenvalue weighted by Gasteiger charge is -2.30. The molecule has 1 aromatic rings. The summed E-state index contributed by atoms with van der Waals surface area (Å²) in [5.41, 5.74) is 2.64. The van der Waals surface area contributed by atoms with E-state index in [0.717, 1.165) is 11.0 Å². The molecule has 0 radical (unpaired) electrons. The maximum atomic E-state index is 3.83. The van der Waals surface area contributed by atoms with Crippen molar-refractivity contribution in [1.82, 2.24) is 0 Å². The van der Waals surface area contributed by atoms with Crippen LogP contribution in [-0.4, -0.2) is 25.1 Å². The average molecular weight is 422 g/mol. The molecule has 0 aliphatic carbocycles. The monoisotopic (exact) mass is 421 g/mol. The lowest BCUT2D eigenvalue weighted by atomic mass is 10.0. The smallest absolute Gasteiger partial charge is 0.104 e. The number of hydrogen-bond acceptors (Lipinski definition) is 0. The quantitative estimate of drug-likeness (QED) is 0.220. The largest absolute Gasteiger partial charge is 1.00 e. The van der Waals surface area contributed by atoms with E-state index in [4.69, 9.17) is 0 Å². The van der Waals surface area contributed by atoms with Crippen molar-refractivity contribution < 1.29 is 16.9 Å². The molecule has 0 aromatic heterocycles. The first kappa shape index (κ1) is 28.2. The van der Waals surface area contributed by atoms with Crippen LogP contribution in [0, 0.1) is 0 Å². The summed E-state index contributed by atoms with van der Waals surface area (Å²) in [6.07, 6.45) is 22.0. The summed E-state index contributed by atoms with van der Waals surface area (Å²) in [5.74, 6) is 0. The van der Waals surface area contributed by atoms with Crippen LogP contribution in [0.1, 0.15) is 108 Å². The van der Waals surface area contributed by atoms with Crippen molar-refractivity contribution in [3.63, 3.8) is 0 Å². The topological polar surface area (TPSA) is 0 Å². The molecule has 2 heteroatoms. The molecule has 1 rings (SSSR count). The van der Waals surface area contributed by atoms with Crippen molar-refractivity contribution in [2.24, 2.45) is 0 Å². The second-order valence-electron chi connectivity index (χ2n) is 9.36. The fraction of sp³-hybridized carbons (Fsp3) is 0.704. The van der Waals surface area contributed by atoms with Gasteiger partial charge < -0.3 is 16.9 Å². The summed E-state index contributed by atoms with van der Waals surface area (Å²) in [4.78, 5) is 0. The Kier molecular flexibility index (Phi) is 17.5. The fourth-order valence-electron chi connectivity index (χ4n) is 4.07. The van der Waals surface area contributed by atoms with Crippen LogP contribution < -0.4 is 12.4 Å². The molecule has 0 spiro atoms. The van der Waals surface area contributed by atoms with E-state index in [9.17, 15) is 0 Å². The SMILES string of the molecule is C=Cc1ccc(C[N+](C)(C)CCCCCCCCCCCCCCCC)cc1.[Cl-]. The Hall–Kier alpha value is -0.790. The number of rotatable bonds is 18. The normalized spacial score (nSPS) is 11.3. The Bertz CT molecular complexity index is 492. The van der Waals surface area contributed by atoms with Gasteiger partial charge in [0.1, 0.15) is 6.54 Å². The van der Waals surface area contributed by atoms with Gasteiger partial charge in [0.25, 0.3) is 0 Å². The number of benzene rings is 1. The first-order chi connectivity index (χ1) is 13.6. The van der Waals surface area contributed by atoms with Crippen LogP contribution >= 0.6 is 0 Å². The van der Waals surface area contributed by atoms with Crippen LogP contribution in [0.2, 0.25) is 0 Å². The number of quaternary nitrogens is 1. The minimum absolute atomic E-state index is 0. The first-order valence-electron chi connectivity index (χ1n) is 12.1. The summed E-state index contributed by atoms with van der Waals surface area (Å²) in [6.45, 7) is 8.53. The molecule has 168 valence electrons. The Morgan fingerprint density at radius 2 is 1.10 bits per heavy atom. The third kappa shape index (κ3) is 15.7. The molecule has 1 nitrogen and oxygen atoms in total. The van der Waals surface area contributed by atoms with E-state index in [0.29, 0.717) is 0 Å². The van der Waals surface area contributed by atoms with E-state index in [-0.39, 0.29) is 12.4 Å². The van der Waals surface area contributed by atoms with Crippen LogP contribution in [0.15, 0.2) is 30.8 Å². The lowest BCUT2D eigenvalue weighted by Crippen LogP contribution is -3.00. The van der Waals surface area contributed by atoms with Gasteiger partial charge >= 0.3 is 0 Å². The van der Waals surface area contributed by atoms with Crippen LogP contribution in [0.5, 0.6) is 0 Å². The maximum Gasteiger partial charge on any atom is 0.104 e. The molecule has 0 aliphatic heterocycles. The van der Waals surface area contributed by atoms with Gasteiger partial charge in [0.05, 0.1) is 20.6 Å². The predicted molar refractivity (Wildman–Crippen MR) is 128 cm³/mol. The van der Waals surface area contributed by atoms with Crippen LogP contribution in [0.25, 0.3) is 6.08 Å². The highest BCUT2D eigenvalue weighted by Crippen LogP contribution is 2.15. The second kappa shape index (κ2) is 18.0. The van der Waals surface area contributed by atoms with E-state index >= 15 is 0 Å². The molecular weight excluding hydrogens is 374 g/mol. The Balaban J connectivity index is 0.00000784. The molecular formula is C27H48ClN. The lowest BCUT2D eigenvalue weighted by molar-refractivity contribution is -0.903. The number of unbranched alkanes of at least 4 members (excludes halogenated alkanes) is 13. The molecule has 1 aromatic carbocycles. The zero-order valence-corrected chi connectivity index (χ0v) is 20.5. The molecule has 0 aliphatic rings. The molecule has 0 fully saturated rings. The Morgan fingerprint density at radius 1 is 0.690 bits per heavy atom. The standard InChI is InChI=1S/C27H48N.ClH/c1-5-7-8-9-10-11-12-13-14-15-16-17-18-19-24-28(3,4)25-27-22-20-26(6-2)21-23-27;/h6,20-23H,2,5,7-19,24-25H2,1,3-4H3;1H/q+1;/p-1. The minimum Gasteiger partial charge on any atom is -1.00 e. The molecule has 0 saturated heterocycles. The van der Waals surface area contributed by atoms with Crippen LogP contribution in [-0.2, 0) is 6.54 Å². The predicted octanol–water partition coefficient (Wildman–Crippen LogP) is 5.39. The third-order valence-corrected chi connectivity index (χ3v) is 5.94. The van der Waals surface area contributed by atoms with Gasteiger partial charge in [-0.3, -0.25) is 0 Å². The van der Waals surface area contributed by atoms with E-state index in [2.05, 4.69) is 51.9 Å². The van der Waals surface area contributed by atoms with Gasteiger partial charge in [-0.2, -0.15) is 0 Å². The van der Waals surface area contributed by atoms with Gasteiger partial charge in [-0.1, -0.05) is 121 Å². The number of halogens is 1. The molecule has 0 bridgehead atoms. The summed E-state index contributed by atoms with van der Waals surface area (Å²) in [6, 6.07) is 8.86. The van der Waals surface area contributed by atoms with E-state index in [1.54, 1.807) is 0 Å². The highest BCUT2D eigenvalue weighted by molar-refractivity contribution is 5.47. The maximum absolute atomic E-state index is 3.83. The third-order valence-electron chi connectivity index (χ3n) is 5.94. The van der Waals surface area contributed by atoms with Crippen molar-refractivity contribution >= 4 is 6.08 Å². The van der Waals surface area contributed by atoms with Gasteiger partial charge in [0.15, 0.2) is 0 Å². The summed E-state index contributed by atoms with van der Waals surface area (Å²) in [5, 5.41) is 0. The van der Waals surface area contributed by atoms with Crippen molar-refractivity contribution in [1.29, 1.82) is 0 Å². The van der Waals surface area contributed by atoms with E-state index in [1.165, 1.54) is 108 Å². The number of hydrogen-bond donors (Lipinski definition) is 0. The van der Waals surface area contributed by atoms with Crippen molar-refractivity contribution in [3.05, 3.63) is 42.0 Å². The van der Waals surface area contributed by atoms with Gasteiger partial charge in [0.2, 0.25) is 0 Å².